The Morgan fingerprint density at radius 2 is 1.77 bits per heavy atom. The summed E-state index contributed by atoms with van der Waals surface area (Å²) in [7, 11) is 1.86. The third-order valence-electron chi connectivity index (χ3n) is 6.68. The standard InChI is InChI=1S/C29H41F3N8O3S/c1-8-35-26(42)39-22-10-19(25-38-21(15-44-25)29(30,31)32)20(14-36-22)18-9-16(23(41)40-33)13-37-24(18)43-17(11-27(2,3)4)12-28(5,6)34-7/h9-10,13-15,17,26,34-35,42H,8,11-12,33H2,1-7H3,(H,36,39)(H,40,41). The van der Waals surface area contributed by atoms with Gasteiger partial charge in [-0.2, -0.15) is 13.2 Å². The molecule has 3 heterocycles. The Hall–Kier alpha value is -3.37. The minimum atomic E-state index is -4.65. The molecule has 242 valence electrons. The number of aliphatic hydroxyl groups excluding tert-OH is 1. The van der Waals surface area contributed by atoms with Crippen molar-refractivity contribution in [1.29, 1.82) is 0 Å². The number of carbonyl (C=O) groups is 1. The molecule has 2 atom stereocenters. The number of thiazole rings is 1. The van der Waals surface area contributed by atoms with Crippen molar-refractivity contribution >= 4 is 23.1 Å². The smallest absolute Gasteiger partial charge is 0.434 e. The zero-order valence-corrected chi connectivity index (χ0v) is 26.7. The van der Waals surface area contributed by atoms with E-state index in [4.69, 9.17) is 10.6 Å². The van der Waals surface area contributed by atoms with Crippen LogP contribution < -0.4 is 32.0 Å². The minimum Gasteiger partial charge on any atom is -0.474 e. The van der Waals surface area contributed by atoms with E-state index in [1.165, 1.54) is 24.5 Å². The molecule has 0 saturated heterocycles. The van der Waals surface area contributed by atoms with Crippen molar-refractivity contribution in [2.24, 2.45) is 11.3 Å². The fourth-order valence-electron chi connectivity index (χ4n) is 4.45. The number of halogens is 3. The number of carbonyl (C=O) groups excluding carboxylic acids is 1. The Morgan fingerprint density at radius 3 is 2.34 bits per heavy atom. The number of hydrazine groups is 1. The first-order valence-corrected chi connectivity index (χ1v) is 14.9. The monoisotopic (exact) mass is 638 g/mol. The summed E-state index contributed by atoms with van der Waals surface area (Å²) in [6.45, 7) is 12.6. The van der Waals surface area contributed by atoms with E-state index in [-0.39, 0.29) is 44.9 Å². The van der Waals surface area contributed by atoms with Crippen molar-refractivity contribution in [3.63, 3.8) is 0 Å². The number of rotatable bonds is 13. The molecule has 1 amide bonds. The molecule has 0 aromatic carbocycles. The summed E-state index contributed by atoms with van der Waals surface area (Å²) in [4.78, 5) is 25.3. The van der Waals surface area contributed by atoms with E-state index in [0.29, 0.717) is 30.5 Å². The Kier molecular flexibility index (Phi) is 11.3. The maximum atomic E-state index is 13.6. The maximum Gasteiger partial charge on any atom is 0.434 e. The van der Waals surface area contributed by atoms with Gasteiger partial charge in [-0.1, -0.05) is 27.7 Å². The molecule has 44 heavy (non-hydrogen) atoms. The molecule has 0 spiro atoms. The first kappa shape index (κ1) is 35.1. The second-order valence-corrected chi connectivity index (χ2v) is 13.0. The molecular weight excluding hydrogens is 597 g/mol. The predicted octanol–water partition coefficient (Wildman–Crippen LogP) is 4.76. The van der Waals surface area contributed by atoms with Crippen molar-refractivity contribution in [3.05, 3.63) is 41.2 Å². The molecule has 3 aromatic heterocycles. The number of anilines is 1. The van der Waals surface area contributed by atoms with Crippen LogP contribution in [-0.2, 0) is 6.18 Å². The quantitative estimate of drug-likeness (QED) is 0.0667. The highest BCUT2D eigenvalue weighted by molar-refractivity contribution is 7.13. The molecule has 0 radical (unpaired) electrons. The van der Waals surface area contributed by atoms with E-state index in [1.807, 2.05) is 20.9 Å². The van der Waals surface area contributed by atoms with Crippen molar-refractivity contribution in [3.8, 4) is 27.6 Å². The van der Waals surface area contributed by atoms with Crippen LogP contribution in [0.5, 0.6) is 5.88 Å². The van der Waals surface area contributed by atoms with Crippen LogP contribution in [0.15, 0.2) is 29.9 Å². The average Bonchev–Trinajstić information content (AvgIpc) is 3.43. The summed E-state index contributed by atoms with van der Waals surface area (Å²) < 4.78 is 47.2. The predicted molar refractivity (Wildman–Crippen MR) is 165 cm³/mol. The van der Waals surface area contributed by atoms with Gasteiger partial charge < -0.3 is 20.5 Å². The molecule has 7 N–H and O–H groups in total. The molecule has 15 heteroatoms. The molecule has 3 aromatic rings. The molecule has 0 bridgehead atoms. The van der Waals surface area contributed by atoms with Crippen LogP contribution >= 0.6 is 11.3 Å². The molecule has 0 aliphatic heterocycles. The number of aromatic nitrogens is 3. The molecule has 11 nitrogen and oxygen atoms in total. The van der Waals surface area contributed by atoms with E-state index in [0.717, 1.165) is 16.7 Å². The van der Waals surface area contributed by atoms with Gasteiger partial charge in [0, 0.05) is 46.4 Å². The van der Waals surface area contributed by atoms with E-state index >= 15 is 0 Å². The lowest BCUT2D eigenvalue weighted by Crippen LogP contribution is -2.42. The van der Waals surface area contributed by atoms with Crippen LogP contribution in [0.4, 0.5) is 19.0 Å². The first-order valence-electron chi connectivity index (χ1n) is 14.0. The van der Waals surface area contributed by atoms with Crippen molar-refractivity contribution in [2.45, 2.75) is 78.6 Å². The second-order valence-electron chi connectivity index (χ2n) is 12.1. The number of nitrogens with zero attached hydrogens (tertiary/aromatic N) is 3. The summed E-state index contributed by atoms with van der Waals surface area (Å²) in [5.74, 6) is 5.10. The summed E-state index contributed by atoms with van der Waals surface area (Å²) >= 11 is 0.796. The molecule has 0 fully saturated rings. The third kappa shape index (κ3) is 9.56. The molecule has 3 rings (SSSR count). The van der Waals surface area contributed by atoms with Gasteiger partial charge in [0.2, 0.25) is 5.88 Å². The van der Waals surface area contributed by atoms with E-state index in [1.54, 1.807) is 6.92 Å². The van der Waals surface area contributed by atoms with Crippen LogP contribution in [-0.4, -0.2) is 57.6 Å². The normalized spacial score (nSPS) is 13.8. The summed E-state index contributed by atoms with van der Waals surface area (Å²) in [5, 5.41) is 20.0. The van der Waals surface area contributed by atoms with E-state index in [9.17, 15) is 23.1 Å². The van der Waals surface area contributed by atoms with Crippen molar-refractivity contribution in [2.75, 3.05) is 18.9 Å². The molecule has 0 aliphatic carbocycles. The zero-order chi connectivity index (χ0) is 32.9. The first-order chi connectivity index (χ1) is 20.5. The van der Waals surface area contributed by atoms with Crippen LogP contribution in [0.3, 0.4) is 0 Å². The largest absolute Gasteiger partial charge is 0.474 e. The van der Waals surface area contributed by atoms with Gasteiger partial charge in [-0.05, 0) is 51.4 Å². The Morgan fingerprint density at radius 1 is 1.07 bits per heavy atom. The van der Waals surface area contributed by atoms with Crippen LogP contribution in [0, 0.1) is 5.41 Å². The second kappa shape index (κ2) is 14.2. The lowest BCUT2D eigenvalue weighted by molar-refractivity contribution is -0.140. The lowest BCUT2D eigenvalue weighted by Gasteiger charge is -2.33. The Labute approximate surface area is 259 Å². The molecule has 0 aliphatic rings. The summed E-state index contributed by atoms with van der Waals surface area (Å²) in [5.41, 5.74) is 1.59. The van der Waals surface area contributed by atoms with Gasteiger partial charge in [0.15, 0.2) is 12.0 Å². The number of nitrogens with two attached hydrogens (primary N) is 1. The maximum absolute atomic E-state index is 13.6. The number of alkyl halides is 3. The Balaban J connectivity index is 2.25. The highest BCUT2D eigenvalue weighted by atomic mass is 32.1. The van der Waals surface area contributed by atoms with Crippen LogP contribution in [0.2, 0.25) is 0 Å². The van der Waals surface area contributed by atoms with Gasteiger partial charge in [0.1, 0.15) is 16.9 Å². The van der Waals surface area contributed by atoms with Crippen molar-refractivity contribution in [1.82, 2.24) is 31.0 Å². The molecular formula is C29H41F3N8O3S. The van der Waals surface area contributed by atoms with E-state index < -0.39 is 24.1 Å². The number of pyridine rings is 2. The Bertz CT molecular complexity index is 1430. The fourth-order valence-corrected chi connectivity index (χ4v) is 5.31. The van der Waals surface area contributed by atoms with Crippen LogP contribution in [0.1, 0.15) is 70.4 Å². The van der Waals surface area contributed by atoms with Gasteiger partial charge >= 0.3 is 6.18 Å². The highest BCUT2D eigenvalue weighted by Crippen LogP contribution is 2.42. The van der Waals surface area contributed by atoms with Gasteiger partial charge in [-0.15, -0.1) is 11.3 Å². The number of hydrogen-bond donors (Lipinski definition) is 6. The summed E-state index contributed by atoms with van der Waals surface area (Å²) in [6, 6.07) is 2.98. The number of nitrogen functional groups attached to an aromatic ring is 1. The number of amides is 1. The SMILES string of the molecule is CCNC(O)Nc1cc(-c2nc(C(F)(F)F)cs2)c(-c2cc(C(=O)NN)cnc2OC(CC(C)(C)C)CC(C)(C)NC)cn1. The van der Waals surface area contributed by atoms with Gasteiger partial charge in [-0.25, -0.2) is 20.8 Å². The topological polar surface area (TPSA) is 159 Å². The van der Waals surface area contributed by atoms with Crippen molar-refractivity contribution < 1.29 is 27.8 Å². The van der Waals surface area contributed by atoms with E-state index in [2.05, 4.69) is 57.1 Å². The van der Waals surface area contributed by atoms with Gasteiger partial charge in [0.25, 0.3) is 5.91 Å². The zero-order valence-electron chi connectivity index (χ0n) is 25.9. The van der Waals surface area contributed by atoms with Crippen LogP contribution in [0.25, 0.3) is 21.7 Å². The third-order valence-corrected chi connectivity index (χ3v) is 7.55. The lowest BCUT2D eigenvalue weighted by atomic mass is 9.84. The number of nitrogens with one attached hydrogen (secondary N) is 4. The molecule has 0 saturated carbocycles. The average molecular weight is 639 g/mol. The summed E-state index contributed by atoms with van der Waals surface area (Å²) in [6.07, 6.45) is -2.16. The number of hydrogen-bond acceptors (Lipinski definition) is 11. The molecule has 2 unspecified atom stereocenters. The van der Waals surface area contributed by atoms with Gasteiger partial charge in [-0.3, -0.25) is 15.5 Å². The fraction of sp³-hybridized carbons (Fsp3) is 0.517. The van der Waals surface area contributed by atoms with Gasteiger partial charge in [0.05, 0.1) is 5.56 Å². The minimum absolute atomic E-state index is 0.0397. The number of ether oxygens (including phenoxy) is 1. The highest BCUT2D eigenvalue weighted by Gasteiger charge is 2.34. The number of aliphatic hydroxyl groups is 1.